The molecule has 0 amide bonds. The molecule has 0 aliphatic heterocycles. The molecular formula is C21H13N3O3. The smallest absolute Gasteiger partial charge is 0.335 e. The van der Waals surface area contributed by atoms with Crippen molar-refractivity contribution < 1.29 is 14.6 Å². The van der Waals surface area contributed by atoms with Crippen LogP contribution >= 0.6 is 0 Å². The first-order valence-corrected chi connectivity index (χ1v) is 8.13. The third-order valence-corrected chi connectivity index (χ3v) is 4.11. The lowest BCUT2D eigenvalue weighted by Gasteiger charge is -2.09. The molecule has 0 atom stereocenters. The van der Waals surface area contributed by atoms with Crippen molar-refractivity contribution in [1.82, 2.24) is 9.55 Å². The normalized spacial score (nSPS) is 10.5. The number of aromatic carboxylic acids is 1. The van der Waals surface area contributed by atoms with E-state index in [1.807, 2.05) is 28.8 Å². The van der Waals surface area contributed by atoms with E-state index in [1.54, 1.807) is 42.7 Å². The molecule has 1 aromatic heterocycles. The molecule has 0 spiro atoms. The highest BCUT2D eigenvalue weighted by molar-refractivity contribution is 5.92. The van der Waals surface area contributed by atoms with Gasteiger partial charge in [-0.25, -0.2) is 9.78 Å². The molecule has 0 saturated heterocycles. The van der Waals surface area contributed by atoms with E-state index in [1.165, 1.54) is 6.07 Å². The predicted octanol–water partition coefficient (Wildman–Crippen LogP) is 4.39. The quantitative estimate of drug-likeness (QED) is 0.586. The second-order valence-corrected chi connectivity index (χ2v) is 5.86. The monoisotopic (exact) mass is 355 g/mol. The number of carboxylic acid groups (broad SMARTS) is 1. The lowest BCUT2D eigenvalue weighted by atomic mass is 10.2. The Hall–Kier alpha value is -4.11. The summed E-state index contributed by atoms with van der Waals surface area (Å²) in [5.41, 5.74) is 2.97. The highest BCUT2D eigenvalue weighted by Gasteiger charge is 2.10. The maximum Gasteiger partial charge on any atom is 0.335 e. The fourth-order valence-electron chi connectivity index (χ4n) is 2.78. The van der Waals surface area contributed by atoms with E-state index >= 15 is 0 Å². The number of fused-ring (bicyclic) bond motifs is 1. The van der Waals surface area contributed by atoms with Crippen molar-refractivity contribution in [2.24, 2.45) is 0 Å². The van der Waals surface area contributed by atoms with Gasteiger partial charge in [0.25, 0.3) is 0 Å². The highest BCUT2D eigenvalue weighted by atomic mass is 16.5. The van der Waals surface area contributed by atoms with Crippen LogP contribution in [0.2, 0.25) is 0 Å². The minimum atomic E-state index is -0.984. The summed E-state index contributed by atoms with van der Waals surface area (Å²) >= 11 is 0. The van der Waals surface area contributed by atoms with Gasteiger partial charge in [-0.1, -0.05) is 6.07 Å². The Labute approximate surface area is 154 Å². The molecule has 1 N–H and O–H groups in total. The average Bonchev–Trinajstić information content (AvgIpc) is 3.12. The topological polar surface area (TPSA) is 88.1 Å². The number of benzene rings is 3. The molecule has 0 aliphatic carbocycles. The zero-order valence-electron chi connectivity index (χ0n) is 14.0. The molecule has 0 saturated carbocycles. The van der Waals surface area contributed by atoms with E-state index in [4.69, 9.17) is 10.00 Å². The van der Waals surface area contributed by atoms with Crippen LogP contribution < -0.4 is 4.74 Å². The maximum absolute atomic E-state index is 11.2. The summed E-state index contributed by atoms with van der Waals surface area (Å²) in [6.45, 7) is 0. The molecule has 4 aromatic rings. The Kier molecular flexibility index (Phi) is 4.03. The van der Waals surface area contributed by atoms with Gasteiger partial charge in [0.15, 0.2) is 0 Å². The van der Waals surface area contributed by atoms with Crippen molar-refractivity contribution in [3.8, 4) is 23.3 Å². The number of ether oxygens (including phenoxy) is 1. The van der Waals surface area contributed by atoms with Crippen LogP contribution in [0.25, 0.3) is 16.7 Å². The van der Waals surface area contributed by atoms with Crippen LogP contribution in [0.3, 0.4) is 0 Å². The van der Waals surface area contributed by atoms with Crippen molar-refractivity contribution in [2.45, 2.75) is 0 Å². The molecule has 0 radical (unpaired) electrons. The molecule has 0 bridgehead atoms. The summed E-state index contributed by atoms with van der Waals surface area (Å²) < 4.78 is 7.67. The summed E-state index contributed by atoms with van der Waals surface area (Å²) in [6.07, 6.45) is 1.65. The van der Waals surface area contributed by atoms with E-state index in [9.17, 15) is 9.90 Å². The number of hydrogen-bond donors (Lipinski definition) is 1. The highest BCUT2D eigenvalue weighted by Crippen LogP contribution is 2.26. The number of aromatic nitrogens is 2. The molecule has 0 fully saturated rings. The van der Waals surface area contributed by atoms with Crippen molar-refractivity contribution in [2.75, 3.05) is 0 Å². The minimum Gasteiger partial charge on any atom is -0.478 e. The van der Waals surface area contributed by atoms with Gasteiger partial charge >= 0.3 is 5.97 Å². The van der Waals surface area contributed by atoms with Crippen LogP contribution in [-0.4, -0.2) is 20.6 Å². The Morgan fingerprint density at radius 2 is 1.85 bits per heavy atom. The zero-order chi connectivity index (χ0) is 18.8. The van der Waals surface area contributed by atoms with Crippen LogP contribution in [0.4, 0.5) is 0 Å². The molecule has 27 heavy (non-hydrogen) atoms. The Bertz CT molecular complexity index is 1190. The van der Waals surface area contributed by atoms with Gasteiger partial charge < -0.3 is 9.84 Å². The Balaban J connectivity index is 1.70. The number of carbonyl (C=O) groups is 1. The molecule has 4 rings (SSSR count). The van der Waals surface area contributed by atoms with Gasteiger partial charge in [-0.3, -0.25) is 4.57 Å². The molecule has 3 aromatic carbocycles. The number of imidazole rings is 1. The molecule has 1 heterocycles. The van der Waals surface area contributed by atoms with Gasteiger partial charge in [-0.15, -0.1) is 0 Å². The van der Waals surface area contributed by atoms with Crippen LogP contribution in [0.5, 0.6) is 11.5 Å². The third kappa shape index (κ3) is 3.22. The van der Waals surface area contributed by atoms with Crippen LogP contribution in [0.1, 0.15) is 15.9 Å². The number of nitrogens with zero attached hydrogens (tertiary/aromatic N) is 3. The fraction of sp³-hybridized carbons (Fsp3) is 0. The Morgan fingerprint density at radius 3 is 2.59 bits per heavy atom. The van der Waals surface area contributed by atoms with Gasteiger partial charge in [0.05, 0.1) is 33.9 Å². The summed E-state index contributed by atoms with van der Waals surface area (Å²) in [5.74, 6) is 0.255. The third-order valence-electron chi connectivity index (χ3n) is 4.11. The van der Waals surface area contributed by atoms with E-state index in [2.05, 4.69) is 11.1 Å². The largest absolute Gasteiger partial charge is 0.478 e. The molecule has 0 unspecified atom stereocenters. The standard InChI is InChI=1S/C21H13N3O3/c22-12-14-4-7-17(8-5-14)27-18-3-1-2-16(11-18)24-13-23-19-9-6-15(21(25)26)10-20(19)24/h1-11,13H,(H,25,26). The fourth-order valence-corrected chi connectivity index (χ4v) is 2.78. The zero-order valence-corrected chi connectivity index (χ0v) is 14.0. The van der Waals surface area contributed by atoms with Crippen molar-refractivity contribution in [3.05, 3.63) is 84.2 Å². The van der Waals surface area contributed by atoms with Gasteiger partial charge in [-0.05, 0) is 54.6 Å². The summed E-state index contributed by atoms with van der Waals surface area (Å²) in [7, 11) is 0. The van der Waals surface area contributed by atoms with Crippen LogP contribution in [-0.2, 0) is 0 Å². The second-order valence-electron chi connectivity index (χ2n) is 5.86. The number of carboxylic acids is 1. The lowest BCUT2D eigenvalue weighted by Crippen LogP contribution is -1.97. The molecule has 6 heteroatoms. The second kappa shape index (κ2) is 6.65. The Morgan fingerprint density at radius 1 is 1.04 bits per heavy atom. The van der Waals surface area contributed by atoms with E-state index < -0.39 is 5.97 Å². The van der Waals surface area contributed by atoms with E-state index in [0.717, 1.165) is 5.69 Å². The molecule has 130 valence electrons. The van der Waals surface area contributed by atoms with Crippen molar-refractivity contribution >= 4 is 17.0 Å². The molecule has 0 aliphatic rings. The van der Waals surface area contributed by atoms with E-state index in [0.29, 0.717) is 28.1 Å². The van der Waals surface area contributed by atoms with Crippen molar-refractivity contribution in [1.29, 1.82) is 5.26 Å². The van der Waals surface area contributed by atoms with Crippen LogP contribution in [0.15, 0.2) is 73.1 Å². The van der Waals surface area contributed by atoms with Gasteiger partial charge in [-0.2, -0.15) is 5.26 Å². The molecular weight excluding hydrogens is 342 g/mol. The first-order valence-electron chi connectivity index (χ1n) is 8.13. The summed E-state index contributed by atoms with van der Waals surface area (Å²) in [5, 5.41) is 18.1. The number of rotatable bonds is 4. The number of hydrogen-bond acceptors (Lipinski definition) is 4. The average molecular weight is 355 g/mol. The summed E-state index contributed by atoms with van der Waals surface area (Å²) in [6, 6.07) is 21.1. The maximum atomic E-state index is 11.2. The predicted molar refractivity (Wildman–Crippen MR) is 99.3 cm³/mol. The van der Waals surface area contributed by atoms with Gasteiger partial charge in [0, 0.05) is 6.07 Å². The minimum absolute atomic E-state index is 0.203. The SMILES string of the molecule is N#Cc1ccc(Oc2cccc(-n3cnc4ccc(C(=O)O)cc43)c2)cc1. The number of nitriles is 1. The first kappa shape index (κ1) is 16.4. The first-order chi connectivity index (χ1) is 13.1. The van der Waals surface area contributed by atoms with Gasteiger partial charge in [0.1, 0.15) is 17.8 Å². The molecule has 6 nitrogen and oxygen atoms in total. The van der Waals surface area contributed by atoms with Gasteiger partial charge in [0.2, 0.25) is 0 Å². The summed E-state index contributed by atoms with van der Waals surface area (Å²) in [4.78, 5) is 15.6. The lowest BCUT2D eigenvalue weighted by molar-refractivity contribution is 0.0697. The van der Waals surface area contributed by atoms with Crippen LogP contribution in [0, 0.1) is 11.3 Å². The van der Waals surface area contributed by atoms with E-state index in [-0.39, 0.29) is 5.56 Å². The van der Waals surface area contributed by atoms with Crippen molar-refractivity contribution in [3.63, 3.8) is 0 Å².